The zero-order valence-corrected chi connectivity index (χ0v) is 13.9. The van der Waals surface area contributed by atoms with Crippen molar-refractivity contribution in [3.63, 3.8) is 0 Å². The fourth-order valence-electron chi connectivity index (χ4n) is 3.15. The Balaban J connectivity index is 1.49. The first-order valence-corrected chi connectivity index (χ1v) is 9.16. The second kappa shape index (κ2) is 7.38. The van der Waals surface area contributed by atoms with Crippen molar-refractivity contribution in [3.05, 3.63) is 29.8 Å². The lowest BCUT2D eigenvalue weighted by Gasteiger charge is -2.27. The lowest BCUT2D eigenvalue weighted by Crippen LogP contribution is -2.42. The van der Waals surface area contributed by atoms with Gasteiger partial charge in [-0.15, -0.1) is 0 Å². The molecule has 2 heterocycles. The van der Waals surface area contributed by atoms with Crippen LogP contribution < -0.4 is 10.1 Å². The molecule has 1 fully saturated rings. The van der Waals surface area contributed by atoms with E-state index in [0.717, 1.165) is 24.5 Å². The summed E-state index contributed by atoms with van der Waals surface area (Å²) in [5.41, 5.74) is 1.22. The number of hydrogen-bond acceptors (Lipinski definition) is 4. The number of nitrogens with one attached hydrogen (secondary N) is 1. The van der Waals surface area contributed by atoms with Crippen LogP contribution in [0.2, 0.25) is 0 Å². The van der Waals surface area contributed by atoms with E-state index in [0.29, 0.717) is 25.0 Å². The van der Waals surface area contributed by atoms with Crippen LogP contribution in [-0.4, -0.2) is 55.1 Å². The molecule has 1 aromatic rings. The van der Waals surface area contributed by atoms with E-state index >= 15 is 0 Å². The predicted molar refractivity (Wildman–Crippen MR) is 90.7 cm³/mol. The minimum absolute atomic E-state index is 0.128. The Morgan fingerprint density at radius 2 is 2.27 bits per heavy atom. The first kappa shape index (κ1) is 15.7. The van der Waals surface area contributed by atoms with Gasteiger partial charge in [-0.1, -0.05) is 18.2 Å². The molecule has 120 valence electrons. The third-order valence-electron chi connectivity index (χ3n) is 4.55. The van der Waals surface area contributed by atoms with E-state index in [1.807, 2.05) is 30.0 Å². The molecular formula is C17H24N2O2S. The lowest BCUT2D eigenvalue weighted by atomic mass is 9.93. The number of thioether (sulfide) groups is 1. The van der Waals surface area contributed by atoms with Gasteiger partial charge in [0.2, 0.25) is 5.91 Å². The highest BCUT2D eigenvalue weighted by atomic mass is 32.2. The minimum atomic E-state index is 0.128. The molecule has 5 heteroatoms. The van der Waals surface area contributed by atoms with Crippen LogP contribution in [0.3, 0.4) is 0 Å². The standard InChI is InChI=1S/C17H24N2O2S/c1-19(14-7-9-22-12-14)11-17(20)18-10-13-6-8-21-16-5-3-2-4-15(13)16/h2-5,13-14H,6-12H2,1H3,(H,18,20)/t13-,14+/m0/s1. The van der Waals surface area contributed by atoms with Crippen molar-refractivity contribution < 1.29 is 9.53 Å². The summed E-state index contributed by atoms with van der Waals surface area (Å²) >= 11 is 1.98. The summed E-state index contributed by atoms with van der Waals surface area (Å²) in [4.78, 5) is 14.4. The van der Waals surface area contributed by atoms with E-state index in [1.54, 1.807) is 0 Å². The van der Waals surface area contributed by atoms with Crippen molar-refractivity contribution in [2.24, 2.45) is 0 Å². The summed E-state index contributed by atoms with van der Waals surface area (Å²) in [6.45, 7) is 1.93. The van der Waals surface area contributed by atoms with Gasteiger partial charge in [0, 0.05) is 24.3 Å². The summed E-state index contributed by atoms with van der Waals surface area (Å²) in [5.74, 6) is 3.82. The van der Waals surface area contributed by atoms with Gasteiger partial charge in [0.15, 0.2) is 0 Å². The first-order valence-electron chi connectivity index (χ1n) is 8.00. The number of nitrogens with zero attached hydrogens (tertiary/aromatic N) is 1. The van der Waals surface area contributed by atoms with E-state index in [-0.39, 0.29) is 5.91 Å². The Kier molecular flexibility index (Phi) is 5.26. The zero-order chi connectivity index (χ0) is 15.4. The Labute approximate surface area is 136 Å². The number of ether oxygens (including phenoxy) is 1. The Hall–Kier alpha value is -1.20. The lowest BCUT2D eigenvalue weighted by molar-refractivity contribution is -0.122. The molecule has 2 atom stereocenters. The fraction of sp³-hybridized carbons (Fsp3) is 0.588. The minimum Gasteiger partial charge on any atom is -0.493 e. The SMILES string of the molecule is CN(CC(=O)NC[C@@H]1CCOc2ccccc21)[C@@H]1CCSC1. The Morgan fingerprint density at radius 3 is 3.09 bits per heavy atom. The van der Waals surface area contributed by atoms with E-state index in [1.165, 1.54) is 17.7 Å². The quantitative estimate of drug-likeness (QED) is 0.902. The van der Waals surface area contributed by atoms with Crippen LogP contribution in [-0.2, 0) is 4.79 Å². The largest absolute Gasteiger partial charge is 0.493 e. The first-order chi connectivity index (χ1) is 10.7. The van der Waals surface area contributed by atoms with Gasteiger partial charge < -0.3 is 10.1 Å². The van der Waals surface area contributed by atoms with Gasteiger partial charge in [0.05, 0.1) is 13.2 Å². The maximum absolute atomic E-state index is 12.2. The maximum atomic E-state index is 12.2. The van der Waals surface area contributed by atoms with Crippen molar-refractivity contribution >= 4 is 17.7 Å². The summed E-state index contributed by atoms with van der Waals surface area (Å²) in [6.07, 6.45) is 2.16. The predicted octanol–water partition coefficient (Wildman–Crippen LogP) is 2.11. The average Bonchev–Trinajstić information content (AvgIpc) is 3.07. The summed E-state index contributed by atoms with van der Waals surface area (Å²) in [6, 6.07) is 8.70. The molecule has 4 nitrogen and oxygen atoms in total. The summed E-state index contributed by atoms with van der Waals surface area (Å²) in [5, 5.41) is 3.10. The second-order valence-corrected chi connectivity index (χ2v) is 7.26. The second-order valence-electron chi connectivity index (χ2n) is 6.11. The molecule has 0 aliphatic carbocycles. The molecule has 0 bridgehead atoms. The maximum Gasteiger partial charge on any atom is 0.234 e. The van der Waals surface area contributed by atoms with Crippen LogP contribution >= 0.6 is 11.8 Å². The van der Waals surface area contributed by atoms with Crippen molar-refractivity contribution in [1.29, 1.82) is 0 Å². The van der Waals surface area contributed by atoms with Gasteiger partial charge in [-0.25, -0.2) is 0 Å². The zero-order valence-electron chi connectivity index (χ0n) is 13.1. The molecule has 1 aromatic carbocycles. The van der Waals surface area contributed by atoms with Gasteiger partial charge in [-0.2, -0.15) is 11.8 Å². The van der Waals surface area contributed by atoms with E-state index in [2.05, 4.69) is 23.3 Å². The molecule has 22 heavy (non-hydrogen) atoms. The molecule has 1 saturated heterocycles. The third-order valence-corrected chi connectivity index (χ3v) is 5.70. The average molecular weight is 320 g/mol. The number of carbonyl (C=O) groups is 1. The number of para-hydroxylation sites is 1. The molecular weight excluding hydrogens is 296 g/mol. The van der Waals surface area contributed by atoms with Crippen LogP contribution in [0.25, 0.3) is 0 Å². The smallest absolute Gasteiger partial charge is 0.234 e. The fourth-order valence-corrected chi connectivity index (χ4v) is 4.44. The number of hydrogen-bond donors (Lipinski definition) is 1. The Morgan fingerprint density at radius 1 is 1.41 bits per heavy atom. The normalized spacial score (nSPS) is 23.9. The summed E-state index contributed by atoms with van der Waals surface area (Å²) in [7, 11) is 2.06. The number of amides is 1. The van der Waals surface area contributed by atoms with Crippen LogP contribution in [0.5, 0.6) is 5.75 Å². The van der Waals surface area contributed by atoms with Crippen LogP contribution in [0.15, 0.2) is 24.3 Å². The molecule has 1 N–H and O–H groups in total. The highest BCUT2D eigenvalue weighted by molar-refractivity contribution is 7.99. The molecule has 2 aliphatic rings. The molecule has 0 radical (unpaired) electrons. The van der Waals surface area contributed by atoms with Crippen molar-refractivity contribution in [1.82, 2.24) is 10.2 Å². The van der Waals surface area contributed by atoms with Crippen molar-refractivity contribution in [2.45, 2.75) is 24.8 Å². The van der Waals surface area contributed by atoms with Gasteiger partial charge in [0.1, 0.15) is 5.75 Å². The number of benzene rings is 1. The molecule has 2 aliphatic heterocycles. The van der Waals surface area contributed by atoms with Crippen LogP contribution in [0.4, 0.5) is 0 Å². The van der Waals surface area contributed by atoms with Crippen molar-refractivity contribution in [2.75, 3.05) is 38.2 Å². The van der Waals surface area contributed by atoms with Gasteiger partial charge in [-0.3, -0.25) is 9.69 Å². The van der Waals surface area contributed by atoms with Crippen LogP contribution in [0, 0.1) is 0 Å². The van der Waals surface area contributed by atoms with E-state index < -0.39 is 0 Å². The highest BCUT2D eigenvalue weighted by Crippen LogP contribution is 2.32. The topological polar surface area (TPSA) is 41.6 Å². The molecule has 1 amide bonds. The van der Waals surface area contributed by atoms with Gasteiger partial charge in [0.25, 0.3) is 0 Å². The number of likely N-dealkylation sites (N-methyl/N-ethyl adjacent to an activating group) is 1. The molecule has 0 unspecified atom stereocenters. The Bertz CT molecular complexity index is 517. The molecule has 0 aromatic heterocycles. The molecule has 0 spiro atoms. The summed E-state index contributed by atoms with van der Waals surface area (Å²) < 4.78 is 5.67. The van der Waals surface area contributed by atoms with Crippen molar-refractivity contribution in [3.8, 4) is 5.75 Å². The monoisotopic (exact) mass is 320 g/mol. The molecule has 3 rings (SSSR count). The number of fused-ring (bicyclic) bond motifs is 1. The van der Waals surface area contributed by atoms with Gasteiger partial charge in [-0.05, 0) is 37.3 Å². The highest BCUT2D eigenvalue weighted by Gasteiger charge is 2.24. The van der Waals surface area contributed by atoms with Gasteiger partial charge >= 0.3 is 0 Å². The molecule has 0 saturated carbocycles. The van der Waals surface area contributed by atoms with Crippen LogP contribution in [0.1, 0.15) is 24.3 Å². The number of rotatable bonds is 5. The van der Waals surface area contributed by atoms with E-state index in [9.17, 15) is 4.79 Å². The third kappa shape index (κ3) is 3.76. The van der Waals surface area contributed by atoms with E-state index in [4.69, 9.17) is 4.74 Å². The number of carbonyl (C=O) groups excluding carboxylic acids is 1.